The molecular weight excluding hydrogens is 382 g/mol. The van der Waals surface area contributed by atoms with Gasteiger partial charge in [0, 0.05) is 35.8 Å². The Kier molecular flexibility index (Phi) is 5.81. The summed E-state index contributed by atoms with van der Waals surface area (Å²) in [4.78, 5) is 19.5. The Morgan fingerprint density at radius 1 is 1.10 bits per heavy atom. The van der Waals surface area contributed by atoms with Gasteiger partial charge in [-0.3, -0.25) is 4.79 Å². The van der Waals surface area contributed by atoms with E-state index in [9.17, 15) is 4.79 Å². The highest BCUT2D eigenvalue weighted by molar-refractivity contribution is 7.13. The molecule has 1 N–H and O–H groups in total. The molecule has 6 heteroatoms. The van der Waals surface area contributed by atoms with Crippen molar-refractivity contribution in [2.24, 2.45) is 0 Å². The standard InChI is InChI=1S/C23H25N3O2S/c1-16-3-5-17(6-4-16)23-25-21(15-29-23)22(27)24-18-11-13-26(14-12-18)19-7-9-20(28-2)10-8-19/h3-10,15,18H,11-14H2,1-2H3,(H,24,27). The van der Waals surface area contributed by atoms with Gasteiger partial charge >= 0.3 is 0 Å². The second kappa shape index (κ2) is 8.66. The van der Waals surface area contributed by atoms with E-state index < -0.39 is 0 Å². The zero-order valence-electron chi connectivity index (χ0n) is 16.7. The number of ether oxygens (including phenoxy) is 1. The molecule has 1 aliphatic rings. The lowest BCUT2D eigenvalue weighted by Gasteiger charge is -2.33. The predicted octanol–water partition coefficient (Wildman–Crippen LogP) is 4.53. The van der Waals surface area contributed by atoms with Gasteiger partial charge in [0.2, 0.25) is 0 Å². The summed E-state index contributed by atoms with van der Waals surface area (Å²) in [6.45, 7) is 3.90. The number of nitrogens with zero attached hydrogens (tertiary/aromatic N) is 2. The van der Waals surface area contributed by atoms with E-state index in [1.165, 1.54) is 22.6 Å². The fraction of sp³-hybridized carbons (Fsp3) is 0.304. The van der Waals surface area contributed by atoms with Crippen LogP contribution in [0.1, 0.15) is 28.9 Å². The zero-order valence-corrected chi connectivity index (χ0v) is 17.5. The first-order valence-electron chi connectivity index (χ1n) is 9.85. The highest BCUT2D eigenvalue weighted by Gasteiger charge is 2.22. The van der Waals surface area contributed by atoms with Crippen LogP contribution in [0.4, 0.5) is 5.69 Å². The summed E-state index contributed by atoms with van der Waals surface area (Å²) in [6, 6.07) is 16.5. The number of benzene rings is 2. The molecule has 0 saturated carbocycles. The van der Waals surface area contributed by atoms with Crippen LogP contribution >= 0.6 is 11.3 Å². The average molecular weight is 408 g/mol. The Balaban J connectivity index is 1.32. The molecule has 0 aliphatic carbocycles. The maximum atomic E-state index is 12.6. The van der Waals surface area contributed by atoms with Crippen LogP contribution in [0.15, 0.2) is 53.9 Å². The minimum atomic E-state index is -0.0810. The fourth-order valence-electron chi connectivity index (χ4n) is 3.54. The third kappa shape index (κ3) is 4.59. The third-order valence-electron chi connectivity index (χ3n) is 5.30. The maximum Gasteiger partial charge on any atom is 0.270 e. The summed E-state index contributed by atoms with van der Waals surface area (Å²) in [5, 5.41) is 5.88. The van der Waals surface area contributed by atoms with E-state index in [4.69, 9.17) is 4.74 Å². The molecule has 150 valence electrons. The number of carbonyl (C=O) groups excluding carboxylic acids is 1. The summed E-state index contributed by atoms with van der Waals surface area (Å²) < 4.78 is 5.22. The molecule has 0 bridgehead atoms. The van der Waals surface area contributed by atoms with E-state index >= 15 is 0 Å². The summed E-state index contributed by atoms with van der Waals surface area (Å²) in [5.41, 5.74) is 3.96. The summed E-state index contributed by atoms with van der Waals surface area (Å²) in [6.07, 6.45) is 1.85. The Morgan fingerprint density at radius 2 is 1.79 bits per heavy atom. The maximum absolute atomic E-state index is 12.6. The van der Waals surface area contributed by atoms with Gasteiger partial charge in [-0.05, 0) is 44.0 Å². The minimum Gasteiger partial charge on any atom is -0.497 e. The number of piperidine rings is 1. The summed E-state index contributed by atoms with van der Waals surface area (Å²) in [5.74, 6) is 0.784. The Bertz CT molecular complexity index is 959. The molecule has 0 spiro atoms. The molecule has 1 aromatic heterocycles. The van der Waals surface area contributed by atoms with Gasteiger partial charge in [-0.2, -0.15) is 0 Å². The smallest absolute Gasteiger partial charge is 0.270 e. The fourth-order valence-corrected chi connectivity index (χ4v) is 4.35. The quantitative estimate of drug-likeness (QED) is 0.675. The van der Waals surface area contributed by atoms with Gasteiger partial charge in [-0.15, -0.1) is 11.3 Å². The van der Waals surface area contributed by atoms with Gasteiger partial charge in [-0.1, -0.05) is 29.8 Å². The number of aromatic nitrogens is 1. The van der Waals surface area contributed by atoms with E-state index in [0.717, 1.165) is 42.3 Å². The molecular formula is C23H25N3O2S. The monoisotopic (exact) mass is 407 g/mol. The van der Waals surface area contributed by atoms with Crippen molar-refractivity contribution in [1.82, 2.24) is 10.3 Å². The lowest BCUT2D eigenvalue weighted by atomic mass is 10.0. The normalized spacial score (nSPS) is 14.6. The molecule has 1 aliphatic heterocycles. The Hall–Kier alpha value is -2.86. The molecule has 2 aromatic carbocycles. The van der Waals surface area contributed by atoms with Crippen molar-refractivity contribution in [3.8, 4) is 16.3 Å². The number of thiazole rings is 1. The number of amides is 1. The second-order valence-corrected chi connectivity index (χ2v) is 8.19. The molecule has 2 heterocycles. The first-order chi connectivity index (χ1) is 14.1. The van der Waals surface area contributed by atoms with Crippen LogP contribution < -0.4 is 15.0 Å². The molecule has 1 amide bonds. The van der Waals surface area contributed by atoms with Crippen LogP contribution in [0.3, 0.4) is 0 Å². The van der Waals surface area contributed by atoms with Gasteiger partial charge in [0.15, 0.2) is 0 Å². The van der Waals surface area contributed by atoms with E-state index in [2.05, 4.69) is 46.4 Å². The van der Waals surface area contributed by atoms with Gasteiger partial charge in [0.05, 0.1) is 7.11 Å². The SMILES string of the molecule is COc1ccc(N2CCC(NC(=O)c3csc(-c4ccc(C)cc4)n3)CC2)cc1. The molecule has 4 rings (SSSR count). The lowest BCUT2D eigenvalue weighted by molar-refractivity contribution is 0.0927. The predicted molar refractivity (Wildman–Crippen MR) is 118 cm³/mol. The number of rotatable bonds is 5. The van der Waals surface area contributed by atoms with Crippen LogP contribution in [0.25, 0.3) is 10.6 Å². The van der Waals surface area contributed by atoms with Crippen molar-refractivity contribution in [2.75, 3.05) is 25.1 Å². The van der Waals surface area contributed by atoms with Crippen molar-refractivity contribution < 1.29 is 9.53 Å². The van der Waals surface area contributed by atoms with Crippen molar-refractivity contribution in [1.29, 1.82) is 0 Å². The first-order valence-corrected chi connectivity index (χ1v) is 10.7. The minimum absolute atomic E-state index is 0.0810. The first kappa shape index (κ1) is 19.5. The van der Waals surface area contributed by atoms with E-state index in [0.29, 0.717) is 5.69 Å². The number of hydrogen-bond acceptors (Lipinski definition) is 5. The van der Waals surface area contributed by atoms with Gasteiger partial charge in [0.1, 0.15) is 16.5 Å². The van der Waals surface area contributed by atoms with Crippen molar-refractivity contribution in [3.05, 3.63) is 65.2 Å². The molecule has 1 fully saturated rings. The number of nitrogens with one attached hydrogen (secondary N) is 1. The van der Waals surface area contributed by atoms with Crippen LogP contribution in [0, 0.1) is 6.92 Å². The van der Waals surface area contributed by atoms with Crippen molar-refractivity contribution in [3.63, 3.8) is 0 Å². The number of methoxy groups -OCH3 is 1. The topological polar surface area (TPSA) is 54.5 Å². The Labute approximate surface area is 175 Å². The van der Waals surface area contributed by atoms with E-state index in [1.54, 1.807) is 7.11 Å². The van der Waals surface area contributed by atoms with Gasteiger partial charge < -0.3 is 15.0 Å². The highest BCUT2D eigenvalue weighted by Crippen LogP contribution is 2.25. The number of hydrogen-bond donors (Lipinski definition) is 1. The zero-order chi connectivity index (χ0) is 20.2. The number of anilines is 1. The van der Waals surface area contributed by atoms with Crippen LogP contribution in [-0.2, 0) is 0 Å². The largest absolute Gasteiger partial charge is 0.497 e. The summed E-state index contributed by atoms with van der Waals surface area (Å²) in [7, 11) is 1.68. The summed E-state index contributed by atoms with van der Waals surface area (Å²) >= 11 is 1.51. The van der Waals surface area contributed by atoms with E-state index in [1.807, 2.05) is 29.6 Å². The average Bonchev–Trinajstić information content (AvgIpc) is 3.25. The molecule has 29 heavy (non-hydrogen) atoms. The van der Waals surface area contributed by atoms with Crippen LogP contribution in [0.5, 0.6) is 5.75 Å². The third-order valence-corrected chi connectivity index (χ3v) is 6.19. The Morgan fingerprint density at radius 3 is 2.45 bits per heavy atom. The molecule has 3 aromatic rings. The molecule has 0 unspecified atom stereocenters. The van der Waals surface area contributed by atoms with Gasteiger partial charge in [0.25, 0.3) is 5.91 Å². The number of carbonyl (C=O) groups is 1. The second-order valence-electron chi connectivity index (χ2n) is 7.34. The van der Waals surface area contributed by atoms with Crippen LogP contribution in [0.2, 0.25) is 0 Å². The van der Waals surface area contributed by atoms with Crippen molar-refractivity contribution in [2.45, 2.75) is 25.8 Å². The molecule has 1 saturated heterocycles. The van der Waals surface area contributed by atoms with E-state index in [-0.39, 0.29) is 11.9 Å². The molecule has 5 nitrogen and oxygen atoms in total. The number of aryl methyl sites for hydroxylation is 1. The lowest BCUT2D eigenvalue weighted by Crippen LogP contribution is -2.44. The van der Waals surface area contributed by atoms with Crippen LogP contribution in [-0.4, -0.2) is 37.1 Å². The highest BCUT2D eigenvalue weighted by atomic mass is 32.1. The molecule has 0 radical (unpaired) electrons. The van der Waals surface area contributed by atoms with Crippen molar-refractivity contribution >= 4 is 22.9 Å². The van der Waals surface area contributed by atoms with Gasteiger partial charge in [-0.25, -0.2) is 4.98 Å². The molecule has 0 atom stereocenters.